The first-order valence-corrected chi connectivity index (χ1v) is 5.09. The average molecular weight is 238 g/mol. The number of nitro groups is 1. The number of amides is 1. The molecule has 1 rings (SSSR count). The molecule has 1 aromatic rings. The summed E-state index contributed by atoms with van der Waals surface area (Å²) in [6.45, 7) is 2.23. The summed E-state index contributed by atoms with van der Waals surface area (Å²) in [5.74, 6) is -0.274. The quantitative estimate of drug-likeness (QED) is 0.620. The van der Waals surface area contributed by atoms with Gasteiger partial charge >= 0.3 is 0 Å². The third-order valence-electron chi connectivity index (χ3n) is 2.13. The molecule has 0 aliphatic rings. The van der Waals surface area contributed by atoms with Crippen LogP contribution in [-0.2, 0) is 4.74 Å². The fourth-order valence-corrected chi connectivity index (χ4v) is 1.33. The van der Waals surface area contributed by atoms with Gasteiger partial charge in [-0.25, -0.2) is 0 Å². The van der Waals surface area contributed by atoms with Crippen LogP contribution in [-0.4, -0.2) is 30.6 Å². The lowest BCUT2D eigenvalue weighted by molar-refractivity contribution is -0.384. The van der Waals surface area contributed by atoms with Crippen LogP contribution in [0.5, 0.6) is 0 Å². The summed E-state index contributed by atoms with van der Waals surface area (Å²) in [5.41, 5.74) is 0.352. The van der Waals surface area contributed by atoms with Crippen LogP contribution in [0, 0.1) is 10.1 Å². The second-order valence-corrected chi connectivity index (χ2v) is 3.63. The lowest BCUT2D eigenvalue weighted by Crippen LogP contribution is -2.35. The molecule has 6 nitrogen and oxygen atoms in total. The van der Waals surface area contributed by atoms with E-state index in [9.17, 15) is 14.9 Å². The topological polar surface area (TPSA) is 81.5 Å². The Morgan fingerprint density at radius 1 is 1.47 bits per heavy atom. The van der Waals surface area contributed by atoms with Crippen LogP contribution in [0.4, 0.5) is 5.69 Å². The molecule has 0 heterocycles. The Labute approximate surface area is 98.7 Å². The van der Waals surface area contributed by atoms with Crippen molar-refractivity contribution in [2.24, 2.45) is 0 Å². The first-order valence-electron chi connectivity index (χ1n) is 5.09. The Hall–Kier alpha value is -1.95. The van der Waals surface area contributed by atoms with Gasteiger partial charge in [-0.1, -0.05) is 0 Å². The summed E-state index contributed by atoms with van der Waals surface area (Å²) in [4.78, 5) is 21.6. The highest BCUT2D eigenvalue weighted by Gasteiger charge is 2.11. The molecule has 0 saturated heterocycles. The van der Waals surface area contributed by atoms with Gasteiger partial charge in [0.1, 0.15) is 0 Å². The maximum absolute atomic E-state index is 11.7. The molecule has 1 N–H and O–H groups in total. The molecule has 6 heteroatoms. The van der Waals surface area contributed by atoms with Crippen molar-refractivity contribution >= 4 is 11.6 Å². The summed E-state index contributed by atoms with van der Waals surface area (Å²) >= 11 is 0. The molecule has 1 aromatic carbocycles. The van der Waals surface area contributed by atoms with Crippen LogP contribution >= 0.6 is 0 Å². The maximum atomic E-state index is 11.7. The van der Waals surface area contributed by atoms with E-state index in [2.05, 4.69) is 5.32 Å². The molecular formula is C11H14N2O4. The lowest BCUT2D eigenvalue weighted by Gasteiger charge is -2.12. The van der Waals surface area contributed by atoms with Gasteiger partial charge in [0, 0.05) is 30.8 Å². The molecule has 1 atom stereocenters. The number of nitro benzene ring substituents is 1. The zero-order valence-corrected chi connectivity index (χ0v) is 9.67. The smallest absolute Gasteiger partial charge is 0.269 e. The van der Waals surface area contributed by atoms with Gasteiger partial charge in [0.25, 0.3) is 11.6 Å². The van der Waals surface area contributed by atoms with Crippen molar-refractivity contribution in [2.75, 3.05) is 13.7 Å². The predicted octanol–water partition coefficient (Wildman–Crippen LogP) is 1.36. The molecule has 0 radical (unpaired) electrons. The highest BCUT2D eigenvalue weighted by atomic mass is 16.6. The first-order chi connectivity index (χ1) is 8.04. The van der Waals surface area contributed by atoms with Crippen molar-refractivity contribution in [1.82, 2.24) is 5.32 Å². The number of nitrogens with one attached hydrogen (secondary N) is 1. The van der Waals surface area contributed by atoms with E-state index in [1.165, 1.54) is 24.3 Å². The molecular weight excluding hydrogens is 224 g/mol. The molecule has 17 heavy (non-hydrogen) atoms. The third kappa shape index (κ3) is 3.84. The van der Waals surface area contributed by atoms with Gasteiger partial charge in [0.2, 0.25) is 0 Å². The van der Waals surface area contributed by atoms with E-state index in [0.717, 1.165) is 0 Å². The number of rotatable bonds is 5. The number of benzene rings is 1. The minimum Gasteiger partial charge on any atom is -0.383 e. The minimum atomic E-state index is -0.505. The fraction of sp³-hybridized carbons (Fsp3) is 0.364. The number of carbonyl (C=O) groups excluding carboxylic acids is 1. The van der Waals surface area contributed by atoms with Gasteiger partial charge in [0.15, 0.2) is 0 Å². The summed E-state index contributed by atoms with van der Waals surface area (Å²) in [6.07, 6.45) is 0. The van der Waals surface area contributed by atoms with Crippen molar-refractivity contribution < 1.29 is 14.5 Å². The van der Waals surface area contributed by atoms with Crippen molar-refractivity contribution in [3.05, 3.63) is 39.9 Å². The number of methoxy groups -OCH3 is 1. The Morgan fingerprint density at radius 3 is 2.53 bits per heavy atom. The predicted molar refractivity (Wildman–Crippen MR) is 61.9 cm³/mol. The monoisotopic (exact) mass is 238 g/mol. The van der Waals surface area contributed by atoms with E-state index in [1.54, 1.807) is 7.11 Å². The van der Waals surface area contributed by atoms with Crippen LogP contribution in [0.25, 0.3) is 0 Å². The van der Waals surface area contributed by atoms with Crippen LogP contribution < -0.4 is 5.32 Å². The number of nitrogens with zero attached hydrogens (tertiary/aromatic N) is 1. The van der Waals surface area contributed by atoms with E-state index in [-0.39, 0.29) is 17.6 Å². The van der Waals surface area contributed by atoms with Gasteiger partial charge in [-0.05, 0) is 19.1 Å². The number of hydrogen-bond acceptors (Lipinski definition) is 4. The van der Waals surface area contributed by atoms with Crippen molar-refractivity contribution in [1.29, 1.82) is 0 Å². The molecule has 0 aliphatic carbocycles. The number of hydrogen-bond donors (Lipinski definition) is 1. The molecule has 1 amide bonds. The summed E-state index contributed by atoms with van der Waals surface area (Å²) < 4.78 is 4.89. The molecule has 0 aromatic heterocycles. The highest BCUT2D eigenvalue weighted by Crippen LogP contribution is 2.11. The fourth-order valence-electron chi connectivity index (χ4n) is 1.33. The Balaban J connectivity index is 2.66. The minimum absolute atomic E-state index is 0.0357. The van der Waals surface area contributed by atoms with Crippen LogP contribution in [0.2, 0.25) is 0 Å². The van der Waals surface area contributed by atoms with Crippen molar-refractivity contribution in [2.45, 2.75) is 13.0 Å². The van der Waals surface area contributed by atoms with E-state index >= 15 is 0 Å². The van der Waals surface area contributed by atoms with E-state index < -0.39 is 4.92 Å². The average Bonchev–Trinajstić information content (AvgIpc) is 2.29. The van der Waals surface area contributed by atoms with E-state index in [0.29, 0.717) is 12.2 Å². The molecule has 1 unspecified atom stereocenters. The normalized spacial score (nSPS) is 11.9. The van der Waals surface area contributed by atoms with Gasteiger partial charge in [-0.3, -0.25) is 14.9 Å². The van der Waals surface area contributed by atoms with E-state index in [1.807, 2.05) is 6.92 Å². The van der Waals surface area contributed by atoms with Crippen molar-refractivity contribution in [3.63, 3.8) is 0 Å². The second kappa shape index (κ2) is 5.95. The first kappa shape index (κ1) is 13.1. The molecule has 0 spiro atoms. The SMILES string of the molecule is COCC(C)NC(=O)c1ccc([N+](=O)[O-])cc1. The Kier molecular flexibility index (Phi) is 4.59. The third-order valence-corrected chi connectivity index (χ3v) is 2.13. The summed E-state index contributed by atoms with van der Waals surface area (Å²) in [7, 11) is 1.55. The van der Waals surface area contributed by atoms with Crippen LogP contribution in [0.3, 0.4) is 0 Å². The number of carbonyl (C=O) groups is 1. The molecule has 0 bridgehead atoms. The standard InChI is InChI=1S/C11H14N2O4/c1-8(7-17-2)12-11(14)9-3-5-10(6-4-9)13(15)16/h3-6,8H,7H2,1-2H3,(H,12,14). The van der Waals surface area contributed by atoms with Crippen LogP contribution in [0.1, 0.15) is 17.3 Å². The summed E-state index contributed by atoms with van der Waals surface area (Å²) in [5, 5.41) is 13.1. The lowest BCUT2D eigenvalue weighted by atomic mass is 10.2. The number of ether oxygens (including phenoxy) is 1. The second-order valence-electron chi connectivity index (χ2n) is 3.63. The molecule has 0 saturated carbocycles. The van der Waals surface area contributed by atoms with Crippen molar-refractivity contribution in [3.8, 4) is 0 Å². The van der Waals surface area contributed by atoms with Crippen LogP contribution in [0.15, 0.2) is 24.3 Å². The maximum Gasteiger partial charge on any atom is 0.269 e. The molecule has 0 fully saturated rings. The van der Waals surface area contributed by atoms with Gasteiger partial charge in [-0.15, -0.1) is 0 Å². The highest BCUT2D eigenvalue weighted by molar-refractivity contribution is 5.94. The number of non-ortho nitro benzene ring substituents is 1. The van der Waals surface area contributed by atoms with Gasteiger partial charge < -0.3 is 10.1 Å². The largest absolute Gasteiger partial charge is 0.383 e. The van der Waals surface area contributed by atoms with Gasteiger partial charge in [-0.2, -0.15) is 0 Å². The molecule has 92 valence electrons. The Bertz CT molecular complexity index is 402. The Morgan fingerprint density at radius 2 is 2.06 bits per heavy atom. The summed E-state index contributed by atoms with van der Waals surface area (Å²) in [6, 6.07) is 5.34. The zero-order valence-electron chi connectivity index (χ0n) is 9.67. The van der Waals surface area contributed by atoms with E-state index in [4.69, 9.17) is 4.74 Å². The zero-order chi connectivity index (χ0) is 12.8. The molecule has 0 aliphatic heterocycles. The van der Waals surface area contributed by atoms with Gasteiger partial charge in [0.05, 0.1) is 11.5 Å².